The van der Waals surface area contributed by atoms with Crippen LogP contribution in [0.15, 0.2) is 42.5 Å². The van der Waals surface area contributed by atoms with Crippen molar-refractivity contribution in [3.63, 3.8) is 0 Å². The summed E-state index contributed by atoms with van der Waals surface area (Å²) in [5, 5.41) is 4.22. The van der Waals surface area contributed by atoms with E-state index in [1.165, 1.54) is 22.5 Å². The summed E-state index contributed by atoms with van der Waals surface area (Å²) in [6, 6.07) is 14.8. The van der Waals surface area contributed by atoms with Gasteiger partial charge in [-0.1, -0.05) is 42.8 Å². The molecule has 0 atom stereocenters. The molecule has 0 aromatic heterocycles. The minimum atomic E-state index is 0.810. The first-order valence-electron chi connectivity index (χ1n) is 7.15. The maximum atomic E-state index is 6.40. The lowest BCUT2D eigenvalue weighted by atomic mass is 10.1. The summed E-state index contributed by atoms with van der Waals surface area (Å²) in [5.74, 6) is 0. The van der Waals surface area contributed by atoms with Crippen molar-refractivity contribution in [2.24, 2.45) is 0 Å². The van der Waals surface area contributed by atoms with Gasteiger partial charge >= 0.3 is 0 Å². The molecule has 0 bridgehead atoms. The third-order valence-corrected chi connectivity index (χ3v) is 4.18. The Morgan fingerprint density at radius 2 is 1.90 bits per heavy atom. The van der Waals surface area contributed by atoms with Gasteiger partial charge in [0.15, 0.2) is 0 Å². The second kappa shape index (κ2) is 5.86. The second-order valence-corrected chi connectivity index (χ2v) is 5.46. The van der Waals surface area contributed by atoms with Gasteiger partial charge in [-0.2, -0.15) is 0 Å². The SMILES string of the molecule is CCNCc1c(Cl)cccc1N1CCc2ccccc21. The van der Waals surface area contributed by atoms with Gasteiger partial charge in [0.1, 0.15) is 0 Å². The van der Waals surface area contributed by atoms with Gasteiger partial charge in [0.25, 0.3) is 0 Å². The van der Waals surface area contributed by atoms with Crippen LogP contribution in [0.1, 0.15) is 18.1 Å². The quantitative estimate of drug-likeness (QED) is 0.908. The van der Waals surface area contributed by atoms with Crippen LogP contribution in [0.4, 0.5) is 11.4 Å². The summed E-state index contributed by atoms with van der Waals surface area (Å²) in [6.45, 7) is 4.89. The highest BCUT2D eigenvalue weighted by atomic mass is 35.5. The minimum absolute atomic E-state index is 0.810. The molecular weight excluding hydrogens is 268 g/mol. The smallest absolute Gasteiger partial charge is 0.0471 e. The number of hydrogen-bond donors (Lipinski definition) is 1. The van der Waals surface area contributed by atoms with Gasteiger partial charge in [-0.05, 0) is 36.7 Å². The molecule has 0 unspecified atom stereocenters. The van der Waals surface area contributed by atoms with Crippen LogP contribution in [-0.2, 0) is 13.0 Å². The normalized spacial score (nSPS) is 13.6. The van der Waals surface area contributed by atoms with E-state index in [2.05, 4.69) is 47.5 Å². The van der Waals surface area contributed by atoms with Crippen LogP contribution in [0.5, 0.6) is 0 Å². The van der Waals surface area contributed by atoms with Crippen molar-refractivity contribution < 1.29 is 0 Å². The summed E-state index contributed by atoms with van der Waals surface area (Å²) < 4.78 is 0. The molecular formula is C17H19ClN2. The van der Waals surface area contributed by atoms with Crippen molar-refractivity contribution >= 4 is 23.0 Å². The molecule has 3 heteroatoms. The van der Waals surface area contributed by atoms with Crippen LogP contribution >= 0.6 is 11.6 Å². The van der Waals surface area contributed by atoms with E-state index in [-0.39, 0.29) is 0 Å². The van der Waals surface area contributed by atoms with E-state index >= 15 is 0 Å². The van der Waals surface area contributed by atoms with Crippen molar-refractivity contribution in [1.29, 1.82) is 0 Å². The lowest BCUT2D eigenvalue weighted by molar-refractivity contribution is 0.725. The van der Waals surface area contributed by atoms with Crippen LogP contribution < -0.4 is 10.2 Å². The molecule has 0 fully saturated rings. The van der Waals surface area contributed by atoms with Crippen LogP contribution in [-0.4, -0.2) is 13.1 Å². The van der Waals surface area contributed by atoms with Crippen LogP contribution in [0.3, 0.4) is 0 Å². The lowest BCUT2D eigenvalue weighted by Gasteiger charge is -2.23. The Kier molecular flexibility index (Phi) is 3.95. The van der Waals surface area contributed by atoms with Crippen molar-refractivity contribution in [3.8, 4) is 0 Å². The standard InChI is InChI=1S/C17H19ClN2/c1-2-19-12-14-15(18)7-5-9-17(14)20-11-10-13-6-3-4-8-16(13)20/h3-9,19H,2,10-12H2,1H3. The first-order valence-corrected chi connectivity index (χ1v) is 7.52. The maximum absolute atomic E-state index is 6.40. The number of nitrogens with one attached hydrogen (secondary N) is 1. The largest absolute Gasteiger partial charge is 0.341 e. The zero-order valence-electron chi connectivity index (χ0n) is 11.7. The number of anilines is 2. The molecule has 0 radical (unpaired) electrons. The topological polar surface area (TPSA) is 15.3 Å². The summed E-state index contributed by atoms with van der Waals surface area (Å²) in [7, 11) is 0. The predicted molar refractivity (Wildman–Crippen MR) is 86.0 cm³/mol. The van der Waals surface area contributed by atoms with E-state index in [0.717, 1.165) is 31.1 Å². The van der Waals surface area contributed by atoms with Gasteiger partial charge in [-0.15, -0.1) is 0 Å². The van der Waals surface area contributed by atoms with Gasteiger partial charge in [-0.25, -0.2) is 0 Å². The fraction of sp³-hybridized carbons (Fsp3) is 0.294. The molecule has 1 aliphatic heterocycles. The van der Waals surface area contributed by atoms with Gasteiger partial charge < -0.3 is 10.2 Å². The Labute approximate surface area is 125 Å². The van der Waals surface area contributed by atoms with E-state index in [9.17, 15) is 0 Å². The number of benzene rings is 2. The highest BCUT2D eigenvalue weighted by Crippen LogP contribution is 2.38. The average Bonchev–Trinajstić information content (AvgIpc) is 2.89. The molecule has 2 aromatic carbocycles. The zero-order chi connectivity index (χ0) is 13.9. The molecule has 0 amide bonds. The van der Waals surface area contributed by atoms with Crippen molar-refractivity contribution in [2.75, 3.05) is 18.0 Å². The molecule has 20 heavy (non-hydrogen) atoms. The van der Waals surface area contributed by atoms with Crippen molar-refractivity contribution in [3.05, 3.63) is 58.6 Å². The third-order valence-electron chi connectivity index (χ3n) is 3.82. The number of hydrogen-bond acceptors (Lipinski definition) is 2. The van der Waals surface area contributed by atoms with E-state index < -0.39 is 0 Å². The van der Waals surface area contributed by atoms with Crippen LogP contribution in [0, 0.1) is 0 Å². The Bertz CT molecular complexity index is 610. The monoisotopic (exact) mass is 286 g/mol. The Hall–Kier alpha value is -1.51. The predicted octanol–water partition coefficient (Wildman–Crippen LogP) is 4.14. The van der Waals surface area contributed by atoms with E-state index in [1.54, 1.807) is 0 Å². The molecule has 0 saturated carbocycles. The summed E-state index contributed by atoms with van der Waals surface area (Å²) in [6.07, 6.45) is 1.10. The summed E-state index contributed by atoms with van der Waals surface area (Å²) in [4.78, 5) is 2.38. The van der Waals surface area contributed by atoms with Crippen molar-refractivity contribution in [1.82, 2.24) is 5.32 Å². The molecule has 0 aliphatic carbocycles. The second-order valence-electron chi connectivity index (χ2n) is 5.05. The molecule has 0 spiro atoms. The molecule has 2 nitrogen and oxygen atoms in total. The number of rotatable bonds is 4. The van der Waals surface area contributed by atoms with Gasteiger partial charge in [0.05, 0.1) is 0 Å². The average molecular weight is 287 g/mol. The molecule has 1 N–H and O–H groups in total. The van der Waals surface area contributed by atoms with Gasteiger partial charge in [-0.3, -0.25) is 0 Å². The van der Waals surface area contributed by atoms with E-state index in [1.807, 2.05) is 12.1 Å². The third kappa shape index (κ3) is 2.41. The van der Waals surface area contributed by atoms with Crippen molar-refractivity contribution in [2.45, 2.75) is 19.9 Å². The fourth-order valence-electron chi connectivity index (χ4n) is 2.81. The zero-order valence-corrected chi connectivity index (χ0v) is 12.5. The lowest BCUT2D eigenvalue weighted by Crippen LogP contribution is -2.19. The van der Waals surface area contributed by atoms with Crippen LogP contribution in [0.25, 0.3) is 0 Å². The summed E-state index contributed by atoms with van der Waals surface area (Å²) in [5.41, 5.74) is 5.14. The molecule has 1 aliphatic rings. The Morgan fingerprint density at radius 1 is 1.10 bits per heavy atom. The number of fused-ring (bicyclic) bond motifs is 1. The first-order chi connectivity index (χ1) is 9.81. The van der Waals surface area contributed by atoms with E-state index in [4.69, 9.17) is 11.6 Å². The van der Waals surface area contributed by atoms with Crippen LogP contribution in [0.2, 0.25) is 5.02 Å². The van der Waals surface area contributed by atoms with Gasteiger partial charge in [0.2, 0.25) is 0 Å². The van der Waals surface area contributed by atoms with E-state index in [0.29, 0.717) is 0 Å². The first kappa shape index (κ1) is 13.5. The molecule has 1 heterocycles. The molecule has 3 rings (SSSR count). The fourth-order valence-corrected chi connectivity index (χ4v) is 3.05. The van der Waals surface area contributed by atoms with Gasteiger partial charge in [0, 0.05) is 35.1 Å². The molecule has 0 saturated heterocycles. The summed E-state index contributed by atoms with van der Waals surface area (Å²) >= 11 is 6.40. The molecule has 104 valence electrons. The minimum Gasteiger partial charge on any atom is -0.341 e. The number of para-hydroxylation sites is 1. The Morgan fingerprint density at radius 3 is 2.75 bits per heavy atom. The highest BCUT2D eigenvalue weighted by Gasteiger charge is 2.22. The molecule has 2 aromatic rings. The number of nitrogens with zero attached hydrogens (tertiary/aromatic N) is 1. The highest BCUT2D eigenvalue weighted by molar-refractivity contribution is 6.31. The Balaban J connectivity index is 2.01. The maximum Gasteiger partial charge on any atom is 0.0471 e. The number of halogens is 1.